The van der Waals surface area contributed by atoms with Crippen LogP contribution in [0.5, 0.6) is 0 Å². The number of nitrogens with one attached hydrogen (secondary N) is 2. The van der Waals surface area contributed by atoms with Crippen LogP contribution in [0, 0.1) is 5.92 Å². The molecule has 2 aliphatic carbocycles. The Hall–Kier alpha value is -1.72. The molecule has 1 aromatic heterocycles. The van der Waals surface area contributed by atoms with E-state index in [0.29, 0.717) is 20.9 Å². The molecule has 1 unspecified atom stereocenters. The molecule has 0 bridgehead atoms. The van der Waals surface area contributed by atoms with Crippen molar-refractivity contribution in [3.05, 3.63) is 45.8 Å². The van der Waals surface area contributed by atoms with Crippen LogP contribution in [0.1, 0.15) is 74.4 Å². The largest absolute Gasteiger partial charge is 0.379 e. The van der Waals surface area contributed by atoms with Gasteiger partial charge >= 0.3 is 6.03 Å². The summed E-state index contributed by atoms with van der Waals surface area (Å²) >= 11 is 1.24. The molecule has 2 heterocycles. The van der Waals surface area contributed by atoms with Gasteiger partial charge in [0.25, 0.3) is 0 Å². The lowest BCUT2D eigenvalue weighted by molar-refractivity contribution is -0.182. The molecule has 2 atom stereocenters. The molecule has 10 heteroatoms. The lowest BCUT2D eigenvalue weighted by Gasteiger charge is -2.35. The van der Waals surface area contributed by atoms with E-state index in [1.54, 1.807) is 12.1 Å². The number of anilines is 1. The third-order valence-corrected chi connectivity index (χ3v) is 18.5. The zero-order valence-corrected chi connectivity index (χ0v) is 26.0. The molecule has 1 aromatic carbocycles. The summed E-state index contributed by atoms with van der Waals surface area (Å²) < 4.78 is 28.1. The van der Waals surface area contributed by atoms with Gasteiger partial charge in [-0.05, 0) is 90.9 Å². The van der Waals surface area contributed by atoms with Gasteiger partial charge in [-0.25, -0.2) is 13.7 Å². The number of aryl methyl sites for hydroxylation is 1. The van der Waals surface area contributed by atoms with Crippen LogP contribution in [0.2, 0.25) is 18.1 Å². The van der Waals surface area contributed by atoms with E-state index in [2.05, 4.69) is 63.0 Å². The van der Waals surface area contributed by atoms with Gasteiger partial charge in [0.1, 0.15) is 9.81 Å². The Kier molecular flexibility index (Phi) is 7.12. The number of carbonyl (C=O) groups excluding carboxylic acids is 1. The number of nitrogens with zero attached hydrogens (tertiary/aromatic N) is 1. The number of ether oxygens (including phenoxy) is 1. The number of amides is 2. The van der Waals surface area contributed by atoms with Crippen LogP contribution >= 0.6 is 11.3 Å². The Balaban J connectivity index is 1.51. The van der Waals surface area contributed by atoms with Crippen molar-refractivity contribution in [3.8, 4) is 0 Å². The van der Waals surface area contributed by atoms with Crippen LogP contribution in [0.4, 0.5) is 10.5 Å². The summed E-state index contributed by atoms with van der Waals surface area (Å²) in [6.07, 6.45) is 5.48. The van der Waals surface area contributed by atoms with Crippen molar-refractivity contribution in [3.63, 3.8) is 0 Å². The zero-order chi connectivity index (χ0) is 27.5. The molecule has 38 heavy (non-hydrogen) atoms. The number of fused-ring (bicyclic) bond motifs is 1. The van der Waals surface area contributed by atoms with Crippen molar-refractivity contribution in [1.29, 1.82) is 0 Å². The third-order valence-electron chi connectivity index (χ3n) is 8.79. The molecule has 2 aromatic rings. The minimum atomic E-state index is -3.31. The van der Waals surface area contributed by atoms with E-state index < -0.39 is 29.8 Å². The van der Waals surface area contributed by atoms with Crippen molar-refractivity contribution >= 4 is 41.2 Å². The number of rotatable bonds is 7. The maximum absolute atomic E-state index is 14.7. The van der Waals surface area contributed by atoms with Crippen LogP contribution in [-0.4, -0.2) is 36.8 Å². The number of thiophene rings is 1. The Morgan fingerprint density at radius 1 is 1.21 bits per heavy atom. The van der Waals surface area contributed by atoms with Crippen molar-refractivity contribution in [2.75, 3.05) is 18.5 Å². The summed E-state index contributed by atoms with van der Waals surface area (Å²) in [7, 11) is -5.75. The third kappa shape index (κ3) is 5.22. The van der Waals surface area contributed by atoms with Crippen molar-refractivity contribution < 1.29 is 18.8 Å². The van der Waals surface area contributed by atoms with Crippen LogP contribution in [0.3, 0.4) is 0 Å². The van der Waals surface area contributed by atoms with E-state index in [9.17, 15) is 14.1 Å². The van der Waals surface area contributed by atoms with Gasteiger partial charge in [0.05, 0.1) is 13.2 Å². The van der Waals surface area contributed by atoms with E-state index in [-0.39, 0.29) is 18.3 Å². The first-order valence-corrected chi connectivity index (χ1v) is 18.9. The standard InChI is InChI=1S/C28H41N3O4S2Si/c1-18(19-10-11-19)21-13-12-20-8-7-9-22(20)25(21)29-26(32)30-37(34,31-38(5,6)27(2,3)4)24-15-14-23(36-24)28(33)16-35-17-28/h12-15,18-19,33H,7-11,16-17H2,1-6H3,(H2,29,30,31,32,34)/t18-,37?/m0/s1. The maximum atomic E-state index is 14.7. The van der Waals surface area contributed by atoms with E-state index in [1.807, 2.05) is 0 Å². The Labute approximate surface area is 232 Å². The molecule has 1 saturated heterocycles. The Morgan fingerprint density at radius 3 is 2.53 bits per heavy atom. The molecule has 0 spiro atoms. The molecule has 2 fully saturated rings. The van der Waals surface area contributed by atoms with Gasteiger partial charge in [-0.2, -0.15) is 0 Å². The molecule has 7 nitrogen and oxygen atoms in total. The van der Waals surface area contributed by atoms with E-state index in [4.69, 9.17) is 8.77 Å². The fraction of sp³-hybridized carbons (Fsp3) is 0.607. The minimum Gasteiger partial charge on any atom is -0.379 e. The highest BCUT2D eigenvalue weighted by molar-refractivity contribution is 7.95. The van der Waals surface area contributed by atoms with Gasteiger partial charge in [-0.15, -0.1) is 11.3 Å². The average molecular weight is 576 g/mol. The topological polar surface area (TPSA) is 100 Å². The summed E-state index contributed by atoms with van der Waals surface area (Å²) in [5.74, 6) is 1.02. The summed E-state index contributed by atoms with van der Waals surface area (Å²) in [4.78, 5) is 14.3. The van der Waals surface area contributed by atoms with Gasteiger partial charge in [-0.1, -0.05) is 39.8 Å². The molecule has 5 rings (SSSR count). The van der Waals surface area contributed by atoms with Crippen LogP contribution in [0.25, 0.3) is 0 Å². The van der Waals surface area contributed by atoms with Crippen molar-refractivity contribution in [2.45, 2.75) is 93.7 Å². The summed E-state index contributed by atoms with van der Waals surface area (Å²) in [5, 5.41) is 13.8. The van der Waals surface area contributed by atoms with E-state index >= 15 is 0 Å². The monoisotopic (exact) mass is 575 g/mol. The number of carbonyl (C=O) groups is 1. The molecular weight excluding hydrogens is 535 g/mol. The summed E-state index contributed by atoms with van der Waals surface area (Å²) in [6, 6.07) is 7.41. The number of benzene rings is 1. The lowest BCUT2D eigenvalue weighted by Crippen LogP contribution is -2.45. The van der Waals surface area contributed by atoms with Crippen molar-refractivity contribution in [2.24, 2.45) is 9.95 Å². The van der Waals surface area contributed by atoms with Crippen LogP contribution < -0.4 is 10.0 Å². The van der Waals surface area contributed by atoms with Gasteiger partial charge in [0, 0.05) is 10.6 Å². The molecule has 1 aliphatic heterocycles. The second-order valence-electron chi connectivity index (χ2n) is 12.8. The molecule has 208 valence electrons. The Morgan fingerprint density at radius 2 is 1.92 bits per heavy atom. The number of urea groups is 1. The second kappa shape index (κ2) is 9.73. The first-order chi connectivity index (χ1) is 17.7. The highest BCUT2D eigenvalue weighted by Gasteiger charge is 2.42. The molecule has 3 N–H and O–H groups in total. The number of aliphatic hydroxyl groups is 1. The molecule has 2 amide bonds. The summed E-state index contributed by atoms with van der Waals surface area (Å²) in [5.41, 5.74) is 3.49. The molecule has 1 saturated carbocycles. The van der Waals surface area contributed by atoms with E-state index in [0.717, 1.165) is 24.9 Å². The number of hydrogen-bond acceptors (Lipinski definition) is 6. The second-order valence-corrected chi connectivity index (χ2v) is 21.2. The molecule has 3 aliphatic rings. The van der Waals surface area contributed by atoms with Gasteiger partial charge < -0.3 is 15.2 Å². The quantitative estimate of drug-likeness (QED) is 0.327. The highest BCUT2D eigenvalue weighted by Crippen LogP contribution is 2.46. The molecule has 0 radical (unpaired) electrons. The van der Waals surface area contributed by atoms with Crippen LogP contribution in [-0.2, 0) is 33.1 Å². The van der Waals surface area contributed by atoms with E-state index in [1.165, 1.54) is 40.9 Å². The minimum absolute atomic E-state index is 0.166. The first-order valence-electron chi connectivity index (χ1n) is 13.6. The summed E-state index contributed by atoms with van der Waals surface area (Å²) in [6.45, 7) is 13.1. The predicted molar refractivity (Wildman–Crippen MR) is 157 cm³/mol. The Bertz CT molecular complexity index is 1360. The van der Waals surface area contributed by atoms with Crippen molar-refractivity contribution in [1.82, 2.24) is 4.72 Å². The average Bonchev–Trinajstić information content (AvgIpc) is 3.31. The highest BCUT2D eigenvalue weighted by atomic mass is 32.2. The smallest absolute Gasteiger partial charge is 0.331 e. The first kappa shape index (κ1) is 27.8. The zero-order valence-electron chi connectivity index (χ0n) is 23.3. The van der Waals surface area contributed by atoms with Gasteiger partial charge in [-0.3, -0.25) is 4.03 Å². The SMILES string of the molecule is C[C@H](c1ccc2c(c1NC(=O)NS(=O)(=N[Si](C)(C)C(C)(C)C)c1ccc(C3(O)COC3)s1)CCC2)C1CC1. The predicted octanol–water partition coefficient (Wildman–Crippen LogP) is 6.54. The maximum Gasteiger partial charge on any atom is 0.331 e. The fourth-order valence-electron chi connectivity index (χ4n) is 5.06. The normalized spacial score (nSPS) is 21.1. The molecular formula is C28H41N3O4S2Si. The fourth-order valence-corrected chi connectivity index (χ4v) is 11.9. The van der Waals surface area contributed by atoms with Crippen LogP contribution in [0.15, 0.2) is 32.5 Å². The lowest BCUT2D eigenvalue weighted by atomic mass is 9.91. The van der Waals surface area contributed by atoms with Gasteiger partial charge in [0.15, 0.2) is 18.2 Å². The number of hydrogen-bond donors (Lipinski definition) is 3. The van der Waals surface area contributed by atoms with Gasteiger partial charge in [0.2, 0.25) is 0 Å².